The number of aromatic amines is 1. The zero-order valence-electron chi connectivity index (χ0n) is 16.3. The maximum atomic E-state index is 13.2. The molecule has 0 fully saturated rings. The highest BCUT2D eigenvalue weighted by Gasteiger charge is 2.24. The number of hydrogen-bond donors (Lipinski definition) is 2. The number of rotatable bonds is 6. The van der Waals surface area contributed by atoms with Crippen molar-refractivity contribution in [3.63, 3.8) is 0 Å². The first-order valence-electron chi connectivity index (χ1n) is 9.44. The Hall–Kier alpha value is -3.52. The number of fused-ring (bicyclic) bond motifs is 1. The number of sulfone groups is 1. The number of hydrogen-bond acceptors (Lipinski definition) is 5. The van der Waals surface area contributed by atoms with E-state index in [2.05, 4.69) is 20.5 Å². The van der Waals surface area contributed by atoms with Crippen LogP contribution < -0.4 is 5.32 Å². The molecule has 2 N–H and O–H groups in total. The molecule has 7 nitrogen and oxygen atoms in total. The summed E-state index contributed by atoms with van der Waals surface area (Å²) >= 11 is 0. The van der Waals surface area contributed by atoms with Gasteiger partial charge in [-0.3, -0.25) is 14.9 Å². The van der Waals surface area contributed by atoms with Crippen LogP contribution in [0.25, 0.3) is 10.9 Å². The smallest absolute Gasteiger partial charge is 0.252 e. The molecule has 4 rings (SSSR count). The summed E-state index contributed by atoms with van der Waals surface area (Å²) in [5.41, 5.74) is 2.56. The molecule has 2 aromatic heterocycles. The van der Waals surface area contributed by atoms with Gasteiger partial charge in [-0.1, -0.05) is 18.2 Å². The molecule has 0 bridgehead atoms. The number of H-pyrrole nitrogens is 1. The van der Waals surface area contributed by atoms with Gasteiger partial charge < -0.3 is 5.32 Å². The lowest BCUT2D eigenvalue weighted by molar-refractivity contribution is 0.0960. The summed E-state index contributed by atoms with van der Waals surface area (Å²) in [5, 5.41) is 10.6. The average Bonchev–Trinajstić information content (AvgIpc) is 3.20. The van der Waals surface area contributed by atoms with Gasteiger partial charge in [0.05, 0.1) is 26.6 Å². The average molecular weight is 420 g/mol. The molecule has 0 aliphatic heterocycles. The van der Waals surface area contributed by atoms with Crippen LogP contribution in [0.5, 0.6) is 0 Å². The fourth-order valence-electron chi connectivity index (χ4n) is 3.36. The summed E-state index contributed by atoms with van der Waals surface area (Å²) in [6, 6.07) is 16.8. The van der Waals surface area contributed by atoms with Gasteiger partial charge >= 0.3 is 0 Å². The Bertz CT molecular complexity index is 1310. The van der Waals surface area contributed by atoms with Crippen molar-refractivity contribution in [2.24, 2.45) is 0 Å². The van der Waals surface area contributed by atoms with E-state index in [4.69, 9.17) is 0 Å². The molecule has 0 spiro atoms. The number of pyridine rings is 1. The second-order valence-corrected chi connectivity index (χ2v) is 8.70. The number of nitrogens with zero attached hydrogens (tertiary/aromatic N) is 2. The molecule has 0 saturated carbocycles. The lowest BCUT2D eigenvalue weighted by Crippen LogP contribution is -2.21. The van der Waals surface area contributed by atoms with Crippen molar-refractivity contribution in [3.8, 4) is 0 Å². The van der Waals surface area contributed by atoms with Crippen LogP contribution in [0.15, 0.2) is 76.7 Å². The molecular formula is C22H20N4O3S. The molecule has 0 saturated heterocycles. The van der Waals surface area contributed by atoms with Crippen LogP contribution in [0.4, 0.5) is 0 Å². The van der Waals surface area contributed by atoms with Gasteiger partial charge in [0.25, 0.3) is 5.91 Å². The van der Waals surface area contributed by atoms with E-state index in [1.807, 2.05) is 18.2 Å². The zero-order chi connectivity index (χ0) is 21.1. The largest absolute Gasteiger partial charge is 0.355 e. The molecule has 1 amide bonds. The van der Waals surface area contributed by atoms with E-state index in [0.717, 1.165) is 23.2 Å². The first-order chi connectivity index (χ1) is 14.5. The Kier molecular flexibility index (Phi) is 5.33. The molecule has 0 atom stereocenters. The number of benzene rings is 2. The van der Waals surface area contributed by atoms with Crippen molar-refractivity contribution in [1.29, 1.82) is 0 Å². The van der Waals surface area contributed by atoms with Crippen LogP contribution in [0.3, 0.4) is 0 Å². The summed E-state index contributed by atoms with van der Waals surface area (Å²) in [6.07, 6.45) is 3.18. The minimum atomic E-state index is -3.88. The SMILES string of the molecule is CNC(=O)c1ccccc1S(=O)(=O)c1ccc2c(CCc3ccccn3)n[nH]c2c1. The summed E-state index contributed by atoms with van der Waals surface area (Å²) in [4.78, 5) is 16.5. The fraction of sp³-hybridized carbons (Fsp3) is 0.136. The number of carbonyl (C=O) groups excluding carboxylic acids is 1. The van der Waals surface area contributed by atoms with Crippen LogP contribution in [-0.2, 0) is 22.7 Å². The molecule has 0 unspecified atom stereocenters. The van der Waals surface area contributed by atoms with E-state index in [9.17, 15) is 13.2 Å². The van der Waals surface area contributed by atoms with Crippen molar-refractivity contribution >= 4 is 26.6 Å². The van der Waals surface area contributed by atoms with Gasteiger partial charge in [-0.15, -0.1) is 0 Å². The molecule has 152 valence electrons. The number of nitrogens with one attached hydrogen (secondary N) is 2. The maximum absolute atomic E-state index is 13.2. The quantitative estimate of drug-likeness (QED) is 0.499. The second kappa shape index (κ2) is 8.08. The van der Waals surface area contributed by atoms with Crippen LogP contribution in [0.2, 0.25) is 0 Å². The van der Waals surface area contributed by atoms with Gasteiger partial charge in [0, 0.05) is 24.3 Å². The standard InChI is InChI=1S/C22H20N4O3S/c1-23-22(27)18-7-2-3-8-21(18)30(28,29)16-10-11-17-19(25-26-20(17)14-16)12-9-15-6-4-5-13-24-15/h2-8,10-11,13-14H,9,12H2,1H3,(H,23,27)(H,25,26). The first kappa shape index (κ1) is 19.8. The molecule has 30 heavy (non-hydrogen) atoms. The van der Waals surface area contributed by atoms with Gasteiger partial charge in [-0.25, -0.2) is 8.42 Å². The van der Waals surface area contributed by atoms with Crippen molar-refractivity contribution in [1.82, 2.24) is 20.5 Å². The topological polar surface area (TPSA) is 105 Å². The Morgan fingerprint density at radius 2 is 1.83 bits per heavy atom. The van der Waals surface area contributed by atoms with Crippen LogP contribution in [0.1, 0.15) is 21.7 Å². The lowest BCUT2D eigenvalue weighted by atomic mass is 10.1. The molecule has 8 heteroatoms. The maximum Gasteiger partial charge on any atom is 0.252 e. The van der Waals surface area contributed by atoms with Gasteiger partial charge in [0.15, 0.2) is 0 Å². The van der Waals surface area contributed by atoms with E-state index in [1.165, 1.54) is 19.2 Å². The number of aryl methyl sites for hydroxylation is 2. The third kappa shape index (κ3) is 3.69. The molecule has 2 heterocycles. The molecule has 4 aromatic rings. The van der Waals surface area contributed by atoms with Gasteiger partial charge in [-0.2, -0.15) is 5.10 Å². The monoisotopic (exact) mass is 420 g/mol. The van der Waals surface area contributed by atoms with Gasteiger partial charge in [0.1, 0.15) is 0 Å². The van der Waals surface area contributed by atoms with Crippen LogP contribution in [-0.4, -0.2) is 36.6 Å². The van der Waals surface area contributed by atoms with E-state index < -0.39 is 15.7 Å². The fourth-order valence-corrected chi connectivity index (χ4v) is 4.84. The van der Waals surface area contributed by atoms with Crippen molar-refractivity contribution in [3.05, 3.63) is 83.8 Å². The minimum absolute atomic E-state index is 0.0291. The third-order valence-corrected chi connectivity index (χ3v) is 6.73. The van der Waals surface area contributed by atoms with Crippen LogP contribution >= 0.6 is 0 Å². The Balaban J connectivity index is 1.67. The lowest BCUT2D eigenvalue weighted by Gasteiger charge is -2.10. The first-order valence-corrected chi connectivity index (χ1v) is 10.9. The van der Waals surface area contributed by atoms with E-state index in [0.29, 0.717) is 11.9 Å². The predicted octanol–water partition coefficient (Wildman–Crippen LogP) is 2.94. The van der Waals surface area contributed by atoms with E-state index in [-0.39, 0.29) is 15.4 Å². The van der Waals surface area contributed by atoms with E-state index in [1.54, 1.807) is 36.5 Å². The Morgan fingerprint density at radius 3 is 2.60 bits per heavy atom. The normalized spacial score (nSPS) is 11.5. The third-order valence-electron chi connectivity index (χ3n) is 4.92. The van der Waals surface area contributed by atoms with Crippen molar-refractivity contribution < 1.29 is 13.2 Å². The van der Waals surface area contributed by atoms with Gasteiger partial charge in [-0.05, 0) is 55.3 Å². The van der Waals surface area contributed by atoms with Crippen molar-refractivity contribution in [2.45, 2.75) is 22.6 Å². The number of amides is 1. The molecule has 0 aliphatic rings. The zero-order valence-corrected chi connectivity index (χ0v) is 17.1. The summed E-state index contributed by atoms with van der Waals surface area (Å²) in [7, 11) is -2.41. The highest BCUT2D eigenvalue weighted by Crippen LogP contribution is 2.27. The van der Waals surface area contributed by atoms with Crippen LogP contribution in [0, 0.1) is 0 Å². The Labute approximate surface area is 174 Å². The highest BCUT2D eigenvalue weighted by molar-refractivity contribution is 7.91. The molecule has 0 radical (unpaired) electrons. The second-order valence-electron chi connectivity index (χ2n) is 6.78. The van der Waals surface area contributed by atoms with E-state index >= 15 is 0 Å². The molecule has 0 aliphatic carbocycles. The summed E-state index contributed by atoms with van der Waals surface area (Å²) in [5.74, 6) is -0.450. The minimum Gasteiger partial charge on any atom is -0.355 e. The predicted molar refractivity (Wildman–Crippen MR) is 113 cm³/mol. The highest BCUT2D eigenvalue weighted by atomic mass is 32.2. The summed E-state index contributed by atoms with van der Waals surface area (Å²) < 4.78 is 26.4. The number of carbonyl (C=O) groups is 1. The van der Waals surface area contributed by atoms with Gasteiger partial charge in [0.2, 0.25) is 9.84 Å². The number of aromatic nitrogens is 3. The Morgan fingerprint density at radius 1 is 1.03 bits per heavy atom. The summed E-state index contributed by atoms with van der Waals surface area (Å²) in [6.45, 7) is 0. The molecule has 2 aromatic carbocycles. The van der Waals surface area contributed by atoms with Crippen molar-refractivity contribution in [2.75, 3.05) is 7.05 Å². The molecular weight excluding hydrogens is 400 g/mol.